The second kappa shape index (κ2) is 3.77. The summed E-state index contributed by atoms with van der Waals surface area (Å²) in [5.41, 5.74) is 1.06. The largest absolute Gasteiger partial charge is 0.476 e. The standard InChI is InChI=1S/C11H9FN2O2/c1-14-6-13-9(11(15)16)10(14)7-2-4-8(12)5-3-7/h2-6H,1H3,(H,15,16). The Morgan fingerprint density at radius 3 is 2.56 bits per heavy atom. The van der Waals surface area contributed by atoms with Gasteiger partial charge in [0.2, 0.25) is 0 Å². The molecule has 0 spiro atoms. The van der Waals surface area contributed by atoms with Gasteiger partial charge < -0.3 is 9.67 Å². The molecule has 0 saturated heterocycles. The third-order valence-corrected chi connectivity index (χ3v) is 2.26. The molecule has 1 aromatic carbocycles. The SMILES string of the molecule is Cn1cnc(C(=O)O)c1-c1ccc(F)cc1. The third kappa shape index (κ3) is 1.67. The molecule has 82 valence electrons. The normalized spacial score (nSPS) is 10.4. The number of carbonyl (C=O) groups is 1. The van der Waals surface area contributed by atoms with Crippen molar-refractivity contribution in [3.8, 4) is 11.3 Å². The van der Waals surface area contributed by atoms with Crippen molar-refractivity contribution in [1.82, 2.24) is 9.55 Å². The fraction of sp³-hybridized carbons (Fsp3) is 0.0909. The van der Waals surface area contributed by atoms with Crippen LogP contribution in [0.3, 0.4) is 0 Å². The van der Waals surface area contributed by atoms with Crippen LogP contribution in [-0.4, -0.2) is 20.6 Å². The second-order valence-electron chi connectivity index (χ2n) is 3.36. The van der Waals surface area contributed by atoms with Crippen LogP contribution in [0.15, 0.2) is 30.6 Å². The molecule has 2 aromatic rings. The predicted molar refractivity (Wildman–Crippen MR) is 55.6 cm³/mol. The van der Waals surface area contributed by atoms with E-state index in [-0.39, 0.29) is 11.5 Å². The van der Waals surface area contributed by atoms with Gasteiger partial charge >= 0.3 is 5.97 Å². The van der Waals surface area contributed by atoms with Crippen molar-refractivity contribution in [1.29, 1.82) is 0 Å². The van der Waals surface area contributed by atoms with Gasteiger partial charge in [-0.1, -0.05) is 0 Å². The van der Waals surface area contributed by atoms with E-state index >= 15 is 0 Å². The monoisotopic (exact) mass is 220 g/mol. The first kappa shape index (κ1) is 10.4. The summed E-state index contributed by atoms with van der Waals surface area (Å²) in [7, 11) is 1.69. The molecular formula is C11H9FN2O2. The maximum absolute atomic E-state index is 12.7. The lowest BCUT2D eigenvalue weighted by molar-refractivity contribution is 0.0692. The Kier molecular flexibility index (Phi) is 2.44. The number of nitrogens with zero attached hydrogens (tertiary/aromatic N) is 2. The summed E-state index contributed by atoms with van der Waals surface area (Å²) in [6.45, 7) is 0. The zero-order valence-electron chi connectivity index (χ0n) is 8.51. The number of carboxylic acid groups (broad SMARTS) is 1. The number of carboxylic acids is 1. The number of aromatic carboxylic acids is 1. The lowest BCUT2D eigenvalue weighted by atomic mass is 10.1. The predicted octanol–water partition coefficient (Wildman–Crippen LogP) is 1.92. The molecule has 0 fully saturated rings. The number of halogens is 1. The summed E-state index contributed by atoms with van der Waals surface area (Å²) < 4.78 is 14.3. The van der Waals surface area contributed by atoms with E-state index < -0.39 is 5.97 Å². The lowest BCUT2D eigenvalue weighted by Gasteiger charge is -2.03. The van der Waals surface area contributed by atoms with Crippen LogP contribution in [0, 0.1) is 5.82 Å². The van der Waals surface area contributed by atoms with E-state index in [0.717, 1.165) is 0 Å². The van der Waals surface area contributed by atoms with E-state index in [1.165, 1.54) is 30.6 Å². The first-order chi connectivity index (χ1) is 7.59. The van der Waals surface area contributed by atoms with Gasteiger partial charge in [0.05, 0.1) is 12.0 Å². The smallest absolute Gasteiger partial charge is 0.356 e. The van der Waals surface area contributed by atoms with E-state index in [4.69, 9.17) is 5.11 Å². The first-order valence-corrected chi connectivity index (χ1v) is 4.60. The number of rotatable bonds is 2. The number of imidazole rings is 1. The zero-order valence-corrected chi connectivity index (χ0v) is 8.51. The quantitative estimate of drug-likeness (QED) is 0.841. The molecule has 5 heteroatoms. The summed E-state index contributed by atoms with van der Waals surface area (Å²) in [6.07, 6.45) is 1.42. The Balaban J connectivity index is 2.58. The van der Waals surface area contributed by atoms with Gasteiger partial charge in [0.25, 0.3) is 0 Å². The molecule has 1 aromatic heterocycles. The highest BCUT2D eigenvalue weighted by molar-refractivity contribution is 5.92. The van der Waals surface area contributed by atoms with Crippen LogP contribution >= 0.6 is 0 Å². The Morgan fingerprint density at radius 1 is 1.38 bits per heavy atom. The number of aryl methyl sites for hydroxylation is 1. The van der Waals surface area contributed by atoms with Gasteiger partial charge in [-0.05, 0) is 24.3 Å². The van der Waals surface area contributed by atoms with Crippen molar-refractivity contribution in [3.05, 3.63) is 42.1 Å². The van der Waals surface area contributed by atoms with E-state index in [1.807, 2.05) is 0 Å². The van der Waals surface area contributed by atoms with Crippen LogP contribution in [-0.2, 0) is 7.05 Å². The molecule has 0 radical (unpaired) electrons. The van der Waals surface area contributed by atoms with Gasteiger partial charge in [0, 0.05) is 12.6 Å². The summed E-state index contributed by atoms with van der Waals surface area (Å²) in [4.78, 5) is 14.7. The Labute approximate surface area is 91.0 Å². The molecule has 1 N–H and O–H groups in total. The van der Waals surface area contributed by atoms with Crippen LogP contribution in [0.4, 0.5) is 4.39 Å². The van der Waals surface area contributed by atoms with Crippen LogP contribution in [0.5, 0.6) is 0 Å². The van der Waals surface area contributed by atoms with Crippen molar-refractivity contribution >= 4 is 5.97 Å². The zero-order chi connectivity index (χ0) is 11.7. The fourth-order valence-corrected chi connectivity index (χ4v) is 1.53. The maximum atomic E-state index is 12.7. The van der Waals surface area contributed by atoms with E-state index in [0.29, 0.717) is 11.3 Å². The van der Waals surface area contributed by atoms with Crippen LogP contribution in [0.2, 0.25) is 0 Å². The van der Waals surface area contributed by atoms with Crippen molar-refractivity contribution in [2.45, 2.75) is 0 Å². The highest BCUT2D eigenvalue weighted by Gasteiger charge is 2.16. The maximum Gasteiger partial charge on any atom is 0.356 e. The summed E-state index contributed by atoms with van der Waals surface area (Å²) in [6, 6.07) is 5.62. The number of hydrogen-bond donors (Lipinski definition) is 1. The highest BCUT2D eigenvalue weighted by Crippen LogP contribution is 2.22. The van der Waals surface area contributed by atoms with E-state index in [9.17, 15) is 9.18 Å². The van der Waals surface area contributed by atoms with Crippen LogP contribution in [0.1, 0.15) is 10.5 Å². The van der Waals surface area contributed by atoms with Gasteiger partial charge in [-0.25, -0.2) is 14.2 Å². The Hall–Kier alpha value is -2.17. The average molecular weight is 220 g/mol. The second-order valence-corrected chi connectivity index (χ2v) is 3.36. The fourth-order valence-electron chi connectivity index (χ4n) is 1.53. The summed E-state index contributed by atoms with van der Waals surface area (Å²) in [5.74, 6) is -1.46. The minimum atomic E-state index is -1.10. The molecule has 0 aliphatic carbocycles. The molecule has 2 rings (SSSR count). The highest BCUT2D eigenvalue weighted by atomic mass is 19.1. The van der Waals surface area contributed by atoms with Gasteiger partial charge in [-0.3, -0.25) is 0 Å². The molecule has 0 bridgehead atoms. The average Bonchev–Trinajstić information content (AvgIpc) is 2.62. The van der Waals surface area contributed by atoms with Crippen molar-refractivity contribution in [2.75, 3.05) is 0 Å². The molecule has 16 heavy (non-hydrogen) atoms. The van der Waals surface area contributed by atoms with Crippen molar-refractivity contribution in [3.63, 3.8) is 0 Å². The summed E-state index contributed by atoms with van der Waals surface area (Å²) >= 11 is 0. The summed E-state index contributed by atoms with van der Waals surface area (Å²) in [5, 5.41) is 8.94. The van der Waals surface area contributed by atoms with Crippen molar-refractivity contribution in [2.24, 2.45) is 7.05 Å². The van der Waals surface area contributed by atoms with Gasteiger partial charge in [0.1, 0.15) is 5.82 Å². The molecule has 0 amide bonds. The Morgan fingerprint density at radius 2 is 2.00 bits per heavy atom. The molecule has 1 heterocycles. The minimum absolute atomic E-state index is 0.0332. The van der Waals surface area contributed by atoms with Crippen LogP contribution < -0.4 is 0 Å². The van der Waals surface area contributed by atoms with E-state index in [1.54, 1.807) is 11.6 Å². The number of benzene rings is 1. The first-order valence-electron chi connectivity index (χ1n) is 4.60. The third-order valence-electron chi connectivity index (χ3n) is 2.26. The number of aromatic nitrogens is 2. The van der Waals surface area contributed by atoms with Crippen LogP contribution in [0.25, 0.3) is 11.3 Å². The minimum Gasteiger partial charge on any atom is -0.476 e. The molecule has 0 aliphatic heterocycles. The van der Waals surface area contributed by atoms with Gasteiger partial charge in [0.15, 0.2) is 5.69 Å². The molecule has 4 nitrogen and oxygen atoms in total. The lowest BCUT2D eigenvalue weighted by Crippen LogP contribution is -2.01. The van der Waals surface area contributed by atoms with Gasteiger partial charge in [-0.2, -0.15) is 0 Å². The topological polar surface area (TPSA) is 55.1 Å². The molecule has 0 aliphatic rings. The Bertz CT molecular complexity index is 531. The molecule has 0 atom stereocenters. The molecule has 0 saturated carbocycles. The van der Waals surface area contributed by atoms with Gasteiger partial charge in [-0.15, -0.1) is 0 Å². The van der Waals surface area contributed by atoms with Crippen molar-refractivity contribution < 1.29 is 14.3 Å². The molecule has 0 unspecified atom stereocenters. The van der Waals surface area contributed by atoms with E-state index in [2.05, 4.69) is 4.98 Å². The number of hydrogen-bond acceptors (Lipinski definition) is 2. The molecular weight excluding hydrogens is 211 g/mol.